The second-order valence-electron chi connectivity index (χ2n) is 6.91. The van der Waals surface area contributed by atoms with Crippen molar-refractivity contribution in [3.05, 3.63) is 96.1 Å². The first-order chi connectivity index (χ1) is 14.2. The Morgan fingerprint density at radius 3 is 2.07 bits per heavy atom. The minimum absolute atomic E-state index is 0.382. The third kappa shape index (κ3) is 4.50. The molecule has 0 aliphatic carbocycles. The van der Waals surface area contributed by atoms with Gasteiger partial charge in [-0.3, -0.25) is 4.90 Å². The zero-order chi connectivity index (χ0) is 20.1. The molecule has 1 aromatic heterocycles. The fourth-order valence-electron chi connectivity index (χ4n) is 3.19. The average Bonchev–Trinajstić information content (AvgIpc) is 3.17. The molecular weight excluding hydrogens is 364 g/mol. The Morgan fingerprint density at radius 2 is 1.45 bits per heavy atom. The van der Waals surface area contributed by atoms with Gasteiger partial charge in [0.1, 0.15) is 17.1 Å². The number of hydrogen-bond donors (Lipinski definition) is 0. The number of benzene rings is 3. The Bertz CT molecular complexity index is 1040. The van der Waals surface area contributed by atoms with Gasteiger partial charge in [0.15, 0.2) is 0 Å². The summed E-state index contributed by atoms with van der Waals surface area (Å²) in [5.41, 5.74) is 3.60. The Balaban J connectivity index is 1.54. The molecule has 0 saturated carbocycles. The van der Waals surface area contributed by atoms with Crippen molar-refractivity contribution in [2.45, 2.75) is 26.1 Å². The number of rotatable bonds is 7. The Morgan fingerprint density at radius 1 is 0.897 bits per heavy atom. The summed E-state index contributed by atoms with van der Waals surface area (Å²) >= 11 is 0. The van der Waals surface area contributed by atoms with Crippen LogP contribution in [-0.2, 0) is 17.9 Å². The average molecular weight is 386 g/mol. The molecule has 1 heterocycles. The molecule has 0 amide bonds. The van der Waals surface area contributed by atoms with Crippen LogP contribution >= 0.6 is 0 Å². The Kier molecular flexibility index (Phi) is 5.63. The molecule has 0 saturated heterocycles. The van der Waals surface area contributed by atoms with Crippen molar-refractivity contribution < 1.29 is 9.63 Å². The van der Waals surface area contributed by atoms with E-state index in [9.17, 15) is 4.79 Å². The lowest BCUT2D eigenvalue weighted by atomic mass is 10.1. The largest absolute Gasteiger partial charge is 0.351 e. The maximum Gasteiger partial charge on any atom is 0.351 e. The zero-order valence-electron chi connectivity index (χ0n) is 16.2. The Hall–Kier alpha value is -3.51. The van der Waals surface area contributed by atoms with Gasteiger partial charge in [0.05, 0.1) is 0 Å². The summed E-state index contributed by atoms with van der Waals surface area (Å²) in [5, 5.41) is 7.98. The number of para-hydroxylation sites is 1. The van der Waals surface area contributed by atoms with E-state index in [-0.39, 0.29) is 5.97 Å². The second-order valence-corrected chi connectivity index (χ2v) is 6.91. The molecule has 0 N–H and O–H groups in total. The van der Waals surface area contributed by atoms with Crippen LogP contribution in [0.5, 0.6) is 0 Å². The predicted molar refractivity (Wildman–Crippen MR) is 111 cm³/mol. The molecule has 6 heteroatoms. The zero-order valence-corrected chi connectivity index (χ0v) is 16.2. The van der Waals surface area contributed by atoms with E-state index in [1.807, 2.05) is 67.6 Å². The smallest absolute Gasteiger partial charge is 0.315 e. The third-order valence-corrected chi connectivity index (χ3v) is 4.84. The van der Waals surface area contributed by atoms with Gasteiger partial charge in [-0.25, -0.2) is 4.79 Å². The molecule has 6 nitrogen and oxygen atoms in total. The number of fused-ring (bicyclic) bond motifs is 1. The summed E-state index contributed by atoms with van der Waals surface area (Å²) in [6.45, 7) is 3.11. The highest BCUT2D eigenvalue weighted by Gasteiger charge is 2.25. The predicted octanol–water partition coefficient (Wildman–Crippen LogP) is 3.48. The summed E-state index contributed by atoms with van der Waals surface area (Å²) in [5.74, 6) is -0.382. The molecule has 0 spiro atoms. The van der Waals surface area contributed by atoms with Gasteiger partial charge in [0.25, 0.3) is 0 Å². The highest BCUT2D eigenvalue weighted by atomic mass is 16.7. The molecule has 3 aromatic carbocycles. The van der Waals surface area contributed by atoms with E-state index >= 15 is 0 Å². The minimum Gasteiger partial charge on any atom is -0.315 e. The van der Waals surface area contributed by atoms with Crippen LogP contribution in [0.3, 0.4) is 0 Å². The standard InChI is InChI=1S/C23H22N4O2/c1-18(23(28)29-27-22-15-9-8-14-21(22)24-25-27)26(16-19-10-4-2-5-11-19)17-20-12-6-3-7-13-20/h2-15,18H,16-17H2,1H3/t18-/m0/s1. The van der Waals surface area contributed by atoms with Crippen molar-refractivity contribution in [3.8, 4) is 0 Å². The molecule has 29 heavy (non-hydrogen) atoms. The summed E-state index contributed by atoms with van der Waals surface area (Å²) in [7, 11) is 0. The van der Waals surface area contributed by atoms with Gasteiger partial charge in [0, 0.05) is 13.1 Å². The maximum absolute atomic E-state index is 12.9. The molecule has 0 fully saturated rings. The van der Waals surface area contributed by atoms with Crippen molar-refractivity contribution in [2.75, 3.05) is 0 Å². The number of hydrogen-bond acceptors (Lipinski definition) is 5. The van der Waals surface area contributed by atoms with Crippen molar-refractivity contribution in [3.63, 3.8) is 0 Å². The van der Waals surface area contributed by atoms with E-state index < -0.39 is 6.04 Å². The SMILES string of the molecule is C[C@@H](C(=O)On1nnc2ccccc21)N(Cc1ccccc1)Cc1ccccc1. The van der Waals surface area contributed by atoms with Crippen LogP contribution in [0.4, 0.5) is 0 Å². The molecule has 4 aromatic rings. The van der Waals surface area contributed by atoms with Gasteiger partial charge in [-0.15, -0.1) is 5.10 Å². The molecule has 146 valence electrons. The van der Waals surface area contributed by atoms with Gasteiger partial charge in [-0.1, -0.05) is 77.6 Å². The van der Waals surface area contributed by atoms with E-state index in [4.69, 9.17) is 4.84 Å². The summed E-state index contributed by atoms with van der Waals surface area (Å²) < 4.78 is 0. The first-order valence-corrected chi connectivity index (χ1v) is 9.55. The molecule has 0 bridgehead atoms. The third-order valence-electron chi connectivity index (χ3n) is 4.84. The first-order valence-electron chi connectivity index (χ1n) is 9.55. The van der Waals surface area contributed by atoms with Gasteiger partial charge < -0.3 is 4.84 Å². The van der Waals surface area contributed by atoms with E-state index in [1.54, 1.807) is 0 Å². The monoisotopic (exact) mass is 386 g/mol. The topological polar surface area (TPSA) is 60.3 Å². The Labute approximate surface area is 169 Å². The highest BCUT2D eigenvalue weighted by molar-refractivity contribution is 5.78. The lowest BCUT2D eigenvalue weighted by Gasteiger charge is -2.27. The molecule has 4 rings (SSSR count). The van der Waals surface area contributed by atoms with Gasteiger partial charge in [-0.2, -0.15) is 0 Å². The molecule has 0 radical (unpaired) electrons. The van der Waals surface area contributed by atoms with Crippen LogP contribution in [-0.4, -0.2) is 32.1 Å². The van der Waals surface area contributed by atoms with Crippen LogP contribution in [0.25, 0.3) is 11.0 Å². The number of aromatic nitrogens is 3. The van der Waals surface area contributed by atoms with Crippen LogP contribution in [0.2, 0.25) is 0 Å². The van der Waals surface area contributed by atoms with Crippen molar-refractivity contribution in [1.29, 1.82) is 0 Å². The van der Waals surface area contributed by atoms with Gasteiger partial charge in [-0.05, 0) is 35.4 Å². The summed E-state index contributed by atoms with van der Waals surface area (Å²) in [6, 6.07) is 27.1. The highest BCUT2D eigenvalue weighted by Crippen LogP contribution is 2.15. The minimum atomic E-state index is -0.474. The first kappa shape index (κ1) is 18.8. The molecule has 1 atom stereocenters. The van der Waals surface area contributed by atoms with Crippen LogP contribution in [0, 0.1) is 0 Å². The summed E-state index contributed by atoms with van der Waals surface area (Å²) in [6.07, 6.45) is 0. The molecular formula is C23H22N4O2. The molecule has 0 aliphatic rings. The fraction of sp³-hybridized carbons (Fsp3) is 0.174. The quantitative estimate of drug-likeness (QED) is 0.455. The lowest BCUT2D eigenvalue weighted by Crippen LogP contribution is -2.42. The van der Waals surface area contributed by atoms with Crippen molar-refractivity contribution in [1.82, 2.24) is 20.1 Å². The van der Waals surface area contributed by atoms with Crippen LogP contribution in [0.1, 0.15) is 18.1 Å². The second kappa shape index (κ2) is 8.67. The van der Waals surface area contributed by atoms with Crippen molar-refractivity contribution >= 4 is 17.0 Å². The number of carbonyl (C=O) groups is 1. The van der Waals surface area contributed by atoms with Gasteiger partial charge >= 0.3 is 5.97 Å². The van der Waals surface area contributed by atoms with Crippen molar-refractivity contribution in [2.24, 2.45) is 0 Å². The normalized spacial score (nSPS) is 12.2. The fourth-order valence-corrected chi connectivity index (χ4v) is 3.19. The number of carbonyl (C=O) groups excluding carboxylic acids is 1. The lowest BCUT2D eigenvalue weighted by molar-refractivity contribution is -0.151. The molecule has 0 unspecified atom stereocenters. The van der Waals surface area contributed by atoms with E-state index in [1.165, 1.54) is 4.85 Å². The van der Waals surface area contributed by atoms with Crippen LogP contribution in [0.15, 0.2) is 84.9 Å². The molecule has 0 aliphatic heterocycles. The van der Waals surface area contributed by atoms with E-state index in [0.717, 1.165) is 11.1 Å². The van der Waals surface area contributed by atoms with Crippen LogP contribution < -0.4 is 4.84 Å². The van der Waals surface area contributed by atoms with Gasteiger partial charge in [0.2, 0.25) is 0 Å². The maximum atomic E-state index is 12.9. The van der Waals surface area contributed by atoms with E-state index in [0.29, 0.717) is 24.1 Å². The number of nitrogens with zero attached hydrogens (tertiary/aromatic N) is 4. The van der Waals surface area contributed by atoms with E-state index in [2.05, 4.69) is 39.5 Å². The summed E-state index contributed by atoms with van der Waals surface area (Å²) in [4.78, 5) is 21.8.